The van der Waals surface area contributed by atoms with Gasteiger partial charge in [0.05, 0.1) is 16.1 Å². The van der Waals surface area contributed by atoms with Crippen LogP contribution in [-0.2, 0) is 14.8 Å². The molecule has 0 atom stereocenters. The second-order valence-corrected chi connectivity index (χ2v) is 7.36. The van der Waals surface area contributed by atoms with Crippen LogP contribution in [-0.4, -0.2) is 27.4 Å². The molecule has 0 bridgehead atoms. The van der Waals surface area contributed by atoms with Crippen LogP contribution in [0, 0.1) is 11.3 Å². The highest BCUT2D eigenvalue weighted by atomic mass is 35.5. The second-order valence-electron chi connectivity index (χ2n) is 5.15. The standard InChI is InChI=1S/C17H16ClN3O3S/c1-13(22)21(17-8-3-2-5-14(17)12-19)10-9-20-25(23,24)16-7-4-6-15(18)11-16/h2-8,11,20H,9-10H2,1H3. The van der Waals surface area contributed by atoms with E-state index in [2.05, 4.69) is 4.72 Å². The second kappa shape index (κ2) is 8.12. The number of benzene rings is 2. The summed E-state index contributed by atoms with van der Waals surface area (Å²) in [5.41, 5.74) is 0.787. The zero-order valence-corrected chi connectivity index (χ0v) is 15.0. The van der Waals surface area contributed by atoms with E-state index < -0.39 is 10.0 Å². The molecule has 0 radical (unpaired) electrons. The van der Waals surface area contributed by atoms with Gasteiger partial charge in [0.2, 0.25) is 15.9 Å². The number of amides is 1. The molecule has 0 aliphatic heterocycles. The normalized spacial score (nSPS) is 10.9. The molecular formula is C17H16ClN3O3S. The van der Waals surface area contributed by atoms with Gasteiger partial charge in [0, 0.05) is 25.0 Å². The van der Waals surface area contributed by atoms with E-state index in [1.54, 1.807) is 36.4 Å². The number of carbonyl (C=O) groups excluding carboxylic acids is 1. The lowest BCUT2D eigenvalue weighted by atomic mass is 10.1. The number of carbonyl (C=O) groups is 1. The summed E-state index contributed by atoms with van der Waals surface area (Å²) in [5.74, 6) is -0.287. The average Bonchev–Trinajstić information content (AvgIpc) is 2.58. The Morgan fingerprint density at radius 3 is 2.60 bits per heavy atom. The minimum absolute atomic E-state index is 0.00576. The van der Waals surface area contributed by atoms with Crippen molar-refractivity contribution in [1.82, 2.24) is 4.72 Å². The Morgan fingerprint density at radius 1 is 1.24 bits per heavy atom. The quantitative estimate of drug-likeness (QED) is 0.837. The van der Waals surface area contributed by atoms with Crippen molar-refractivity contribution in [2.24, 2.45) is 0 Å². The van der Waals surface area contributed by atoms with Crippen LogP contribution in [0.4, 0.5) is 5.69 Å². The average molecular weight is 378 g/mol. The molecule has 0 aliphatic carbocycles. The monoisotopic (exact) mass is 377 g/mol. The van der Waals surface area contributed by atoms with Gasteiger partial charge in [0.1, 0.15) is 6.07 Å². The van der Waals surface area contributed by atoms with Gasteiger partial charge in [-0.2, -0.15) is 5.26 Å². The molecular weight excluding hydrogens is 362 g/mol. The highest BCUT2D eigenvalue weighted by Crippen LogP contribution is 2.20. The van der Waals surface area contributed by atoms with Gasteiger partial charge in [-0.25, -0.2) is 13.1 Å². The fraction of sp³-hybridized carbons (Fsp3) is 0.176. The van der Waals surface area contributed by atoms with Gasteiger partial charge >= 0.3 is 0 Å². The van der Waals surface area contributed by atoms with Gasteiger partial charge in [-0.05, 0) is 30.3 Å². The lowest BCUT2D eigenvalue weighted by Gasteiger charge is -2.22. The smallest absolute Gasteiger partial charge is 0.240 e. The van der Waals surface area contributed by atoms with E-state index in [4.69, 9.17) is 16.9 Å². The van der Waals surface area contributed by atoms with Crippen LogP contribution in [0.3, 0.4) is 0 Å². The van der Waals surface area contributed by atoms with Crippen molar-refractivity contribution >= 4 is 33.2 Å². The fourth-order valence-electron chi connectivity index (χ4n) is 2.26. The molecule has 0 unspecified atom stereocenters. The lowest BCUT2D eigenvalue weighted by molar-refractivity contribution is -0.116. The maximum atomic E-state index is 12.3. The van der Waals surface area contributed by atoms with Gasteiger partial charge in [-0.3, -0.25) is 4.79 Å². The van der Waals surface area contributed by atoms with Gasteiger partial charge in [-0.1, -0.05) is 29.8 Å². The predicted octanol–water partition coefficient (Wildman–Crippen LogP) is 2.54. The van der Waals surface area contributed by atoms with Crippen molar-refractivity contribution in [1.29, 1.82) is 5.26 Å². The maximum absolute atomic E-state index is 12.3. The van der Waals surface area contributed by atoms with Gasteiger partial charge in [-0.15, -0.1) is 0 Å². The van der Waals surface area contributed by atoms with E-state index in [0.717, 1.165) is 0 Å². The lowest BCUT2D eigenvalue weighted by Crippen LogP contribution is -2.37. The number of halogens is 1. The molecule has 1 amide bonds. The van der Waals surface area contributed by atoms with E-state index in [-0.39, 0.29) is 23.9 Å². The summed E-state index contributed by atoms with van der Waals surface area (Å²) in [6, 6.07) is 14.6. The molecule has 0 saturated carbocycles. The van der Waals surface area contributed by atoms with Gasteiger partial charge in [0.15, 0.2) is 0 Å². The van der Waals surface area contributed by atoms with Crippen molar-refractivity contribution in [3.8, 4) is 6.07 Å². The van der Waals surface area contributed by atoms with Crippen molar-refractivity contribution < 1.29 is 13.2 Å². The van der Waals surface area contributed by atoms with Gasteiger partial charge < -0.3 is 4.90 Å². The van der Waals surface area contributed by atoms with E-state index in [1.807, 2.05) is 6.07 Å². The number of hydrogen-bond acceptors (Lipinski definition) is 4. The van der Waals surface area contributed by atoms with Crippen LogP contribution in [0.1, 0.15) is 12.5 Å². The molecule has 0 saturated heterocycles. The van der Waals surface area contributed by atoms with E-state index in [1.165, 1.54) is 24.0 Å². The number of sulfonamides is 1. The molecule has 2 rings (SSSR count). The predicted molar refractivity (Wildman–Crippen MR) is 95.8 cm³/mol. The van der Waals surface area contributed by atoms with Crippen LogP contribution < -0.4 is 9.62 Å². The third-order valence-electron chi connectivity index (χ3n) is 3.43. The molecule has 130 valence electrons. The number of para-hydroxylation sites is 1. The molecule has 0 spiro atoms. The molecule has 0 heterocycles. The number of nitriles is 1. The summed E-state index contributed by atoms with van der Waals surface area (Å²) < 4.78 is 27.0. The number of nitrogens with one attached hydrogen (secondary N) is 1. The van der Waals surface area contributed by atoms with Crippen LogP contribution in [0.15, 0.2) is 53.4 Å². The summed E-state index contributed by atoms with van der Waals surface area (Å²) in [5, 5.41) is 9.48. The Morgan fingerprint density at radius 2 is 1.96 bits per heavy atom. The summed E-state index contributed by atoms with van der Waals surface area (Å²) in [6.07, 6.45) is 0. The molecule has 0 aliphatic rings. The molecule has 2 aromatic rings. The Balaban J connectivity index is 2.13. The van der Waals surface area contributed by atoms with Crippen LogP contribution in [0.2, 0.25) is 5.02 Å². The zero-order chi connectivity index (χ0) is 18.4. The van der Waals surface area contributed by atoms with Crippen molar-refractivity contribution in [3.63, 3.8) is 0 Å². The number of rotatable bonds is 6. The molecule has 2 aromatic carbocycles. The molecule has 25 heavy (non-hydrogen) atoms. The van der Waals surface area contributed by atoms with Crippen molar-refractivity contribution in [2.45, 2.75) is 11.8 Å². The first-order valence-corrected chi connectivity index (χ1v) is 9.24. The third kappa shape index (κ3) is 4.79. The summed E-state index contributed by atoms with van der Waals surface area (Å²) in [4.78, 5) is 13.3. The summed E-state index contributed by atoms with van der Waals surface area (Å²) in [6.45, 7) is 1.45. The Labute approximate surface area is 151 Å². The Hall–Kier alpha value is -2.40. The topological polar surface area (TPSA) is 90.3 Å². The van der Waals surface area contributed by atoms with E-state index in [0.29, 0.717) is 16.3 Å². The summed E-state index contributed by atoms with van der Waals surface area (Å²) >= 11 is 5.81. The summed E-state index contributed by atoms with van der Waals surface area (Å²) in [7, 11) is -3.74. The molecule has 0 aromatic heterocycles. The zero-order valence-electron chi connectivity index (χ0n) is 13.4. The first-order valence-electron chi connectivity index (χ1n) is 7.37. The molecule has 8 heteroatoms. The first kappa shape index (κ1) is 18.9. The first-order chi connectivity index (χ1) is 11.8. The van der Waals surface area contributed by atoms with Crippen LogP contribution in [0.25, 0.3) is 0 Å². The van der Waals surface area contributed by atoms with E-state index in [9.17, 15) is 13.2 Å². The van der Waals surface area contributed by atoms with Crippen LogP contribution >= 0.6 is 11.6 Å². The minimum Gasteiger partial charge on any atom is -0.310 e. The number of nitrogens with zero attached hydrogens (tertiary/aromatic N) is 2. The largest absolute Gasteiger partial charge is 0.310 e. The fourth-order valence-corrected chi connectivity index (χ4v) is 3.58. The van der Waals surface area contributed by atoms with Crippen LogP contribution in [0.5, 0.6) is 0 Å². The van der Waals surface area contributed by atoms with Crippen molar-refractivity contribution in [3.05, 3.63) is 59.1 Å². The van der Waals surface area contributed by atoms with Crippen molar-refractivity contribution in [2.75, 3.05) is 18.0 Å². The van der Waals surface area contributed by atoms with Gasteiger partial charge in [0.25, 0.3) is 0 Å². The SMILES string of the molecule is CC(=O)N(CCNS(=O)(=O)c1cccc(Cl)c1)c1ccccc1C#N. The minimum atomic E-state index is -3.74. The Kier molecular flexibility index (Phi) is 6.15. The highest BCUT2D eigenvalue weighted by Gasteiger charge is 2.18. The molecule has 6 nitrogen and oxygen atoms in total. The third-order valence-corrected chi connectivity index (χ3v) is 5.12. The molecule has 0 fully saturated rings. The molecule has 1 N–H and O–H groups in total. The number of hydrogen-bond donors (Lipinski definition) is 1. The Bertz CT molecular complexity index is 923. The highest BCUT2D eigenvalue weighted by molar-refractivity contribution is 7.89. The number of anilines is 1. The maximum Gasteiger partial charge on any atom is 0.240 e. The van der Waals surface area contributed by atoms with E-state index >= 15 is 0 Å².